The Hall–Kier alpha value is -0.588. The van der Waals surface area contributed by atoms with Crippen molar-refractivity contribution in [3.63, 3.8) is 0 Å². The van der Waals surface area contributed by atoms with E-state index in [4.69, 9.17) is 5.11 Å². The third-order valence-electron chi connectivity index (χ3n) is 1.79. The Labute approximate surface area is 98.5 Å². The Morgan fingerprint density at radius 3 is 2.27 bits per heavy atom. The molecule has 1 aromatic rings. The minimum Gasteiger partial charge on any atom is -0.481 e. The van der Waals surface area contributed by atoms with Gasteiger partial charge in [0.1, 0.15) is 0 Å². The predicted molar refractivity (Wildman–Crippen MR) is 63.0 cm³/mol. The average molecular weight is 244 g/mol. The SMILES string of the molecule is O=C(O)CCP(=O)(O)c1ccccc1.[AlH3]. The van der Waals surface area contributed by atoms with Crippen molar-refractivity contribution in [3.8, 4) is 0 Å². The third-order valence-corrected chi connectivity index (χ3v) is 3.72. The van der Waals surface area contributed by atoms with E-state index in [1.165, 1.54) is 12.1 Å². The summed E-state index contributed by atoms with van der Waals surface area (Å²) in [5.74, 6) is -1.06. The molecule has 0 amide bonds. The van der Waals surface area contributed by atoms with Crippen LogP contribution in [0.1, 0.15) is 6.42 Å². The summed E-state index contributed by atoms with van der Waals surface area (Å²) in [6.45, 7) is 0. The van der Waals surface area contributed by atoms with Crippen molar-refractivity contribution in [3.05, 3.63) is 30.3 Å². The Morgan fingerprint density at radius 2 is 1.80 bits per heavy atom. The average Bonchev–Trinajstić information content (AvgIpc) is 2.16. The first-order valence-corrected chi connectivity index (χ1v) is 5.96. The molecule has 0 saturated heterocycles. The normalized spacial score (nSPS) is 13.7. The van der Waals surface area contributed by atoms with Crippen LogP contribution in [0.4, 0.5) is 0 Å². The lowest BCUT2D eigenvalue weighted by Gasteiger charge is -2.09. The molecule has 0 bridgehead atoms. The molecule has 15 heavy (non-hydrogen) atoms. The van der Waals surface area contributed by atoms with Crippen molar-refractivity contribution in [1.29, 1.82) is 0 Å². The van der Waals surface area contributed by atoms with Crippen LogP contribution in [0.5, 0.6) is 0 Å². The molecule has 0 radical (unpaired) electrons. The quantitative estimate of drug-likeness (QED) is 0.571. The van der Waals surface area contributed by atoms with Crippen molar-refractivity contribution in [2.24, 2.45) is 0 Å². The zero-order chi connectivity index (χ0) is 10.6. The maximum absolute atomic E-state index is 11.6. The Balaban J connectivity index is 0.00000196. The van der Waals surface area contributed by atoms with Crippen LogP contribution in [0.2, 0.25) is 0 Å². The van der Waals surface area contributed by atoms with Crippen LogP contribution >= 0.6 is 7.37 Å². The van der Waals surface area contributed by atoms with E-state index in [1.807, 2.05) is 0 Å². The first kappa shape index (κ1) is 14.4. The van der Waals surface area contributed by atoms with Gasteiger partial charge in [-0.25, -0.2) is 0 Å². The molecule has 0 heterocycles. The van der Waals surface area contributed by atoms with Crippen LogP contribution in [-0.4, -0.2) is 39.5 Å². The summed E-state index contributed by atoms with van der Waals surface area (Å²) in [6, 6.07) is 8.10. The van der Waals surface area contributed by atoms with Gasteiger partial charge < -0.3 is 10.00 Å². The highest BCUT2D eigenvalue weighted by Crippen LogP contribution is 2.39. The lowest BCUT2D eigenvalue weighted by Crippen LogP contribution is -2.09. The minimum absolute atomic E-state index is 0. The van der Waals surface area contributed by atoms with Gasteiger partial charge in [-0.3, -0.25) is 9.36 Å². The monoisotopic (exact) mass is 244 g/mol. The fraction of sp³-hybridized carbons (Fsp3) is 0.222. The Morgan fingerprint density at radius 1 is 1.27 bits per heavy atom. The molecule has 1 unspecified atom stereocenters. The molecule has 4 nitrogen and oxygen atoms in total. The first-order valence-electron chi connectivity index (χ1n) is 4.11. The van der Waals surface area contributed by atoms with Crippen molar-refractivity contribution in [1.82, 2.24) is 0 Å². The summed E-state index contributed by atoms with van der Waals surface area (Å²) in [5, 5.41) is 8.70. The van der Waals surface area contributed by atoms with Crippen molar-refractivity contribution in [2.75, 3.05) is 6.16 Å². The lowest BCUT2D eigenvalue weighted by atomic mass is 10.4. The fourth-order valence-corrected chi connectivity index (χ4v) is 2.43. The molecule has 0 saturated carbocycles. The van der Waals surface area contributed by atoms with Crippen LogP contribution < -0.4 is 5.30 Å². The van der Waals surface area contributed by atoms with Crippen molar-refractivity contribution < 1.29 is 19.4 Å². The van der Waals surface area contributed by atoms with E-state index >= 15 is 0 Å². The number of rotatable bonds is 4. The molecule has 0 aromatic heterocycles. The molecule has 1 rings (SSSR count). The molecule has 0 spiro atoms. The van der Waals surface area contributed by atoms with E-state index in [0.29, 0.717) is 5.30 Å². The number of hydrogen-bond donors (Lipinski definition) is 2. The van der Waals surface area contributed by atoms with Gasteiger partial charge in [-0.1, -0.05) is 18.2 Å². The second kappa shape index (κ2) is 6.10. The molecule has 0 fully saturated rings. The minimum atomic E-state index is -3.48. The highest BCUT2D eigenvalue weighted by molar-refractivity contribution is 7.66. The summed E-state index contributed by atoms with van der Waals surface area (Å²) >= 11 is 0. The molecule has 1 atom stereocenters. The van der Waals surface area contributed by atoms with Crippen LogP contribution in [0, 0.1) is 0 Å². The molecule has 2 N–H and O–H groups in total. The van der Waals surface area contributed by atoms with Gasteiger partial charge in [0, 0.05) is 11.5 Å². The van der Waals surface area contributed by atoms with E-state index in [9.17, 15) is 14.3 Å². The van der Waals surface area contributed by atoms with Crippen LogP contribution in [-0.2, 0) is 9.36 Å². The van der Waals surface area contributed by atoms with E-state index in [1.54, 1.807) is 18.2 Å². The largest absolute Gasteiger partial charge is 0.481 e. The van der Waals surface area contributed by atoms with Gasteiger partial charge in [-0.2, -0.15) is 0 Å². The first-order chi connectivity index (χ1) is 6.52. The van der Waals surface area contributed by atoms with Gasteiger partial charge in [0.2, 0.25) is 7.37 Å². The standard InChI is InChI=1S/C9H11O4P.Al.3H/c10-9(11)6-7-14(12,13)8-4-2-1-3-5-8;;;;/h1-5H,6-7H2,(H,10,11)(H,12,13);;;;. The second-order valence-corrected chi connectivity index (χ2v) is 5.27. The molecule has 0 aliphatic carbocycles. The van der Waals surface area contributed by atoms with Crippen LogP contribution in [0.3, 0.4) is 0 Å². The topological polar surface area (TPSA) is 74.6 Å². The summed E-state index contributed by atoms with van der Waals surface area (Å²) in [5.41, 5.74) is 0. The summed E-state index contributed by atoms with van der Waals surface area (Å²) in [4.78, 5) is 19.8. The molecular formula is C9H14AlO4P. The number of hydrogen-bond acceptors (Lipinski definition) is 2. The van der Waals surface area contributed by atoms with Gasteiger partial charge in [-0.05, 0) is 12.1 Å². The van der Waals surface area contributed by atoms with Gasteiger partial charge in [-0.15, -0.1) is 0 Å². The van der Waals surface area contributed by atoms with Gasteiger partial charge in [0.25, 0.3) is 0 Å². The zero-order valence-corrected chi connectivity index (χ0v) is 8.35. The van der Waals surface area contributed by atoms with Crippen LogP contribution in [0.15, 0.2) is 30.3 Å². The smallest absolute Gasteiger partial charge is 0.303 e. The van der Waals surface area contributed by atoms with Gasteiger partial charge >= 0.3 is 5.97 Å². The molecular weight excluding hydrogens is 230 g/mol. The Kier molecular flexibility index (Phi) is 5.86. The highest BCUT2D eigenvalue weighted by atomic mass is 31.2. The fourth-order valence-electron chi connectivity index (χ4n) is 1.04. The maximum atomic E-state index is 11.6. The van der Waals surface area contributed by atoms with E-state index in [0.717, 1.165) is 0 Å². The van der Waals surface area contributed by atoms with E-state index < -0.39 is 13.3 Å². The van der Waals surface area contributed by atoms with E-state index in [-0.39, 0.29) is 29.9 Å². The third kappa shape index (κ3) is 4.64. The number of aliphatic carboxylic acids is 1. The maximum Gasteiger partial charge on any atom is 0.303 e. The molecule has 0 aliphatic rings. The van der Waals surface area contributed by atoms with Crippen molar-refractivity contribution >= 4 is 36.0 Å². The zero-order valence-electron chi connectivity index (χ0n) is 7.46. The highest BCUT2D eigenvalue weighted by Gasteiger charge is 2.21. The summed E-state index contributed by atoms with van der Waals surface area (Å²) < 4.78 is 11.6. The molecule has 0 aliphatic heterocycles. The lowest BCUT2D eigenvalue weighted by molar-refractivity contribution is -0.136. The number of carboxylic acid groups (broad SMARTS) is 1. The van der Waals surface area contributed by atoms with Gasteiger partial charge in [0.15, 0.2) is 17.4 Å². The molecule has 82 valence electrons. The number of carbonyl (C=O) groups is 1. The second-order valence-electron chi connectivity index (χ2n) is 2.90. The molecule has 1 aromatic carbocycles. The summed E-state index contributed by atoms with van der Waals surface area (Å²) in [6.07, 6.45) is -0.505. The number of carboxylic acids is 1. The van der Waals surface area contributed by atoms with E-state index in [2.05, 4.69) is 0 Å². The van der Waals surface area contributed by atoms with Crippen LogP contribution in [0.25, 0.3) is 0 Å². The number of benzene rings is 1. The van der Waals surface area contributed by atoms with Gasteiger partial charge in [0.05, 0.1) is 6.42 Å². The molecule has 6 heteroatoms. The Bertz CT molecular complexity index is 366. The van der Waals surface area contributed by atoms with Crippen molar-refractivity contribution in [2.45, 2.75) is 6.42 Å². The predicted octanol–water partition coefficient (Wildman–Crippen LogP) is -0.127. The summed E-state index contributed by atoms with van der Waals surface area (Å²) in [7, 11) is -3.48.